The van der Waals surface area contributed by atoms with Crippen molar-refractivity contribution in [1.82, 2.24) is 10.3 Å². The van der Waals surface area contributed by atoms with Crippen molar-refractivity contribution < 1.29 is 4.74 Å². The predicted molar refractivity (Wildman–Crippen MR) is 74.7 cm³/mol. The van der Waals surface area contributed by atoms with Crippen LogP contribution in [0.1, 0.15) is 30.0 Å². The molecule has 3 N–H and O–H groups in total. The van der Waals surface area contributed by atoms with Gasteiger partial charge in [-0.15, -0.1) is 11.3 Å². The van der Waals surface area contributed by atoms with Crippen molar-refractivity contribution in [2.45, 2.75) is 32.2 Å². The van der Waals surface area contributed by atoms with Gasteiger partial charge in [-0.2, -0.15) is 0 Å². The minimum absolute atomic E-state index is 0.679. The second-order valence-corrected chi connectivity index (χ2v) is 5.76. The molecular weight excluding hydrogens is 246 g/mol. The highest BCUT2D eigenvalue weighted by Crippen LogP contribution is 2.28. The molecule has 18 heavy (non-hydrogen) atoms. The minimum Gasteiger partial charge on any atom is -0.381 e. The van der Waals surface area contributed by atoms with E-state index < -0.39 is 0 Å². The maximum Gasteiger partial charge on any atom is 0.0941 e. The Morgan fingerprint density at radius 3 is 3.17 bits per heavy atom. The van der Waals surface area contributed by atoms with Gasteiger partial charge < -0.3 is 15.8 Å². The molecule has 0 unspecified atom stereocenters. The summed E-state index contributed by atoms with van der Waals surface area (Å²) in [6.45, 7) is 4.37. The van der Waals surface area contributed by atoms with Crippen molar-refractivity contribution in [1.29, 1.82) is 0 Å². The minimum atomic E-state index is 0.679. The summed E-state index contributed by atoms with van der Waals surface area (Å²) in [4.78, 5) is 4.51. The fraction of sp³-hybridized carbons (Fsp3) is 0.769. The van der Waals surface area contributed by atoms with Crippen molar-refractivity contribution >= 4 is 11.3 Å². The lowest BCUT2D eigenvalue weighted by Crippen LogP contribution is -2.17. The van der Waals surface area contributed by atoms with E-state index in [0.29, 0.717) is 6.54 Å². The van der Waals surface area contributed by atoms with Crippen molar-refractivity contribution in [3.63, 3.8) is 0 Å². The molecule has 1 fully saturated rings. The van der Waals surface area contributed by atoms with Crippen LogP contribution in [0.4, 0.5) is 0 Å². The molecule has 1 aromatic rings. The summed E-state index contributed by atoms with van der Waals surface area (Å²) in [5.74, 6) is 0.869. The summed E-state index contributed by atoms with van der Waals surface area (Å²) in [6, 6.07) is 0. The average molecular weight is 269 g/mol. The maximum atomic E-state index is 5.58. The number of nitrogens with one attached hydrogen (secondary N) is 1. The molecule has 0 aromatic carbocycles. The second-order valence-electron chi connectivity index (χ2n) is 4.82. The molecule has 4 nitrogen and oxygen atoms in total. The number of rotatable bonds is 10. The van der Waals surface area contributed by atoms with Crippen molar-refractivity contribution in [2.24, 2.45) is 11.7 Å². The Morgan fingerprint density at radius 1 is 1.50 bits per heavy atom. The first-order valence-corrected chi connectivity index (χ1v) is 7.68. The summed E-state index contributed by atoms with van der Waals surface area (Å²) in [5.41, 5.74) is 6.63. The normalized spacial score (nSPS) is 15.2. The standard InChI is InChI=1S/C13H23N3OS/c14-5-4-13-16-12(10-18-13)8-15-6-1-7-17-9-11-2-3-11/h10-11,15H,1-9,14H2. The molecular formula is C13H23N3OS. The molecule has 1 aliphatic carbocycles. The number of nitrogens with two attached hydrogens (primary N) is 1. The van der Waals surface area contributed by atoms with E-state index in [4.69, 9.17) is 10.5 Å². The van der Waals surface area contributed by atoms with Crippen LogP contribution in [0.3, 0.4) is 0 Å². The predicted octanol–water partition coefficient (Wildman–Crippen LogP) is 1.55. The van der Waals surface area contributed by atoms with E-state index in [-0.39, 0.29) is 0 Å². The van der Waals surface area contributed by atoms with Crippen molar-refractivity contribution in [3.05, 3.63) is 16.1 Å². The fourth-order valence-corrected chi connectivity index (χ4v) is 2.53. The van der Waals surface area contributed by atoms with E-state index in [1.165, 1.54) is 12.8 Å². The Labute approximate surface area is 113 Å². The van der Waals surface area contributed by atoms with Gasteiger partial charge in [0.1, 0.15) is 0 Å². The molecule has 1 aromatic heterocycles. The molecule has 0 spiro atoms. The zero-order valence-electron chi connectivity index (χ0n) is 10.9. The number of thiazole rings is 1. The van der Waals surface area contributed by atoms with E-state index in [1.54, 1.807) is 11.3 Å². The Morgan fingerprint density at radius 2 is 2.39 bits per heavy atom. The first kappa shape index (κ1) is 13.9. The van der Waals surface area contributed by atoms with Gasteiger partial charge in [-0.05, 0) is 38.3 Å². The molecule has 1 heterocycles. The van der Waals surface area contributed by atoms with Crippen LogP contribution in [0, 0.1) is 5.92 Å². The third-order valence-electron chi connectivity index (χ3n) is 2.96. The lowest BCUT2D eigenvalue weighted by atomic mass is 10.4. The molecule has 0 aliphatic heterocycles. The lowest BCUT2D eigenvalue weighted by Gasteiger charge is -2.04. The average Bonchev–Trinajstić information content (AvgIpc) is 3.09. The van der Waals surface area contributed by atoms with Crippen LogP contribution in [-0.2, 0) is 17.7 Å². The number of hydrogen-bond acceptors (Lipinski definition) is 5. The van der Waals surface area contributed by atoms with Crippen LogP contribution in [0.15, 0.2) is 5.38 Å². The van der Waals surface area contributed by atoms with Gasteiger partial charge in [-0.3, -0.25) is 0 Å². The summed E-state index contributed by atoms with van der Waals surface area (Å²) >= 11 is 1.70. The Kier molecular flexibility index (Phi) is 6.07. The third-order valence-corrected chi connectivity index (χ3v) is 3.91. The van der Waals surface area contributed by atoms with Crippen LogP contribution in [-0.4, -0.2) is 31.3 Å². The largest absolute Gasteiger partial charge is 0.381 e. The molecule has 0 amide bonds. The van der Waals surface area contributed by atoms with E-state index in [0.717, 1.165) is 55.8 Å². The van der Waals surface area contributed by atoms with Crippen LogP contribution in [0.2, 0.25) is 0 Å². The fourth-order valence-electron chi connectivity index (χ4n) is 1.72. The monoisotopic (exact) mass is 269 g/mol. The first-order valence-electron chi connectivity index (χ1n) is 6.80. The number of ether oxygens (including phenoxy) is 1. The molecule has 0 atom stereocenters. The smallest absolute Gasteiger partial charge is 0.0941 e. The second kappa shape index (κ2) is 7.84. The summed E-state index contributed by atoms with van der Waals surface area (Å²) in [7, 11) is 0. The number of nitrogens with zero attached hydrogens (tertiary/aromatic N) is 1. The SMILES string of the molecule is NCCc1nc(CNCCCOCC2CC2)cs1. The Hall–Kier alpha value is -0.490. The van der Waals surface area contributed by atoms with Crippen molar-refractivity contribution in [2.75, 3.05) is 26.3 Å². The molecule has 0 bridgehead atoms. The lowest BCUT2D eigenvalue weighted by molar-refractivity contribution is 0.122. The molecule has 2 rings (SSSR count). The van der Waals surface area contributed by atoms with Crippen LogP contribution < -0.4 is 11.1 Å². The van der Waals surface area contributed by atoms with Gasteiger partial charge in [0.15, 0.2) is 0 Å². The van der Waals surface area contributed by atoms with E-state index in [2.05, 4.69) is 15.7 Å². The van der Waals surface area contributed by atoms with Gasteiger partial charge in [0.2, 0.25) is 0 Å². The Balaban J connectivity index is 1.46. The summed E-state index contributed by atoms with van der Waals surface area (Å²) < 4.78 is 5.58. The zero-order chi connectivity index (χ0) is 12.6. The van der Waals surface area contributed by atoms with Crippen LogP contribution in [0.5, 0.6) is 0 Å². The molecule has 102 valence electrons. The highest BCUT2D eigenvalue weighted by molar-refractivity contribution is 7.09. The van der Waals surface area contributed by atoms with E-state index in [9.17, 15) is 0 Å². The molecule has 0 radical (unpaired) electrons. The van der Waals surface area contributed by atoms with Gasteiger partial charge in [0.05, 0.1) is 10.7 Å². The number of aromatic nitrogens is 1. The van der Waals surface area contributed by atoms with Gasteiger partial charge >= 0.3 is 0 Å². The zero-order valence-corrected chi connectivity index (χ0v) is 11.7. The van der Waals surface area contributed by atoms with Gasteiger partial charge in [-0.25, -0.2) is 4.98 Å². The van der Waals surface area contributed by atoms with E-state index >= 15 is 0 Å². The highest BCUT2D eigenvalue weighted by atomic mass is 32.1. The molecule has 5 heteroatoms. The van der Waals surface area contributed by atoms with Gasteiger partial charge in [0.25, 0.3) is 0 Å². The molecule has 0 saturated heterocycles. The first-order chi connectivity index (χ1) is 8.88. The highest BCUT2D eigenvalue weighted by Gasteiger charge is 2.20. The van der Waals surface area contributed by atoms with Gasteiger partial charge in [-0.1, -0.05) is 0 Å². The van der Waals surface area contributed by atoms with E-state index in [1.807, 2.05) is 0 Å². The van der Waals surface area contributed by atoms with Crippen LogP contribution >= 0.6 is 11.3 Å². The quantitative estimate of drug-likeness (QED) is 0.633. The Bertz CT molecular complexity index is 339. The maximum absolute atomic E-state index is 5.58. The number of hydrogen-bond donors (Lipinski definition) is 2. The molecule has 1 saturated carbocycles. The van der Waals surface area contributed by atoms with Crippen LogP contribution in [0.25, 0.3) is 0 Å². The third kappa shape index (κ3) is 5.44. The topological polar surface area (TPSA) is 60.2 Å². The van der Waals surface area contributed by atoms with Gasteiger partial charge in [0, 0.05) is 31.6 Å². The van der Waals surface area contributed by atoms with Crippen molar-refractivity contribution in [3.8, 4) is 0 Å². The summed E-state index contributed by atoms with van der Waals surface area (Å²) in [5, 5.41) is 6.65. The molecule has 1 aliphatic rings. The summed E-state index contributed by atoms with van der Waals surface area (Å²) in [6.07, 6.45) is 4.70.